The monoisotopic (exact) mass is 644 g/mol. The van der Waals surface area contributed by atoms with E-state index in [-0.39, 0.29) is 5.41 Å². The highest BCUT2D eigenvalue weighted by atomic mass is 15.1. The van der Waals surface area contributed by atoms with E-state index >= 15 is 0 Å². The van der Waals surface area contributed by atoms with Crippen LogP contribution in [0.2, 0.25) is 0 Å². The average molecular weight is 645 g/mol. The van der Waals surface area contributed by atoms with Crippen molar-refractivity contribution in [3.8, 4) is 40.2 Å². The minimum absolute atomic E-state index is 0.335. The second-order valence-electron chi connectivity index (χ2n) is 13.7. The zero-order chi connectivity index (χ0) is 34.0. The number of nitrogens with zero attached hydrogens (tertiary/aromatic N) is 6. The van der Waals surface area contributed by atoms with Crippen molar-refractivity contribution in [2.24, 2.45) is 0 Å². The highest BCUT2D eigenvalue weighted by Gasteiger charge is 2.25. The fourth-order valence-corrected chi connectivity index (χ4v) is 7.16. The summed E-state index contributed by atoms with van der Waals surface area (Å²) in [7, 11) is 0. The fourth-order valence-electron chi connectivity index (χ4n) is 7.16. The first kappa shape index (κ1) is 29.6. The van der Waals surface area contributed by atoms with Crippen LogP contribution in [0.15, 0.2) is 140 Å². The maximum absolute atomic E-state index is 10.1. The lowest BCUT2D eigenvalue weighted by Crippen LogP contribution is -2.18. The Balaban J connectivity index is 1.37. The molecule has 0 saturated heterocycles. The average Bonchev–Trinajstić information content (AvgIpc) is 3.67. The summed E-state index contributed by atoms with van der Waals surface area (Å²) >= 11 is 0. The van der Waals surface area contributed by atoms with E-state index in [0.717, 1.165) is 55.3 Å². The van der Waals surface area contributed by atoms with Gasteiger partial charge in [-0.2, -0.15) is 5.26 Å². The molecule has 0 fully saturated rings. The fraction of sp³-hybridized carbons (Fsp3) is 0.0909. The van der Waals surface area contributed by atoms with Crippen LogP contribution in [-0.2, 0) is 5.41 Å². The molecule has 0 atom stereocenters. The molecule has 3 heterocycles. The summed E-state index contributed by atoms with van der Waals surface area (Å²) in [5.74, 6) is 1.82. The quantitative estimate of drug-likeness (QED) is 0.191. The van der Waals surface area contributed by atoms with Gasteiger partial charge in [0.1, 0.15) is 5.82 Å². The van der Waals surface area contributed by atoms with Crippen LogP contribution in [0.1, 0.15) is 32.2 Å². The molecule has 0 N–H and O–H groups in total. The summed E-state index contributed by atoms with van der Waals surface area (Å²) in [6, 6.07) is 50.4. The predicted octanol–water partition coefficient (Wildman–Crippen LogP) is 10.6. The minimum atomic E-state index is -0.335. The standard InChI is InChI=1S/C44H32N6/c1-44(2,3)43-47-41(29-14-5-4-6-15-29)46-42(48-43)33-26-28(27-45)24-25-37(33)50-36-21-12-9-18-32(36)40-38(22-13-23-39(40)50)49-34-19-10-7-16-30(34)31-17-8-11-20-35(31)49/h4-26H,1-3H3. The molecule has 6 heteroatoms. The third kappa shape index (κ3) is 4.59. The van der Waals surface area contributed by atoms with Crippen molar-refractivity contribution in [2.45, 2.75) is 26.2 Å². The Hall–Kier alpha value is -6.58. The number of para-hydroxylation sites is 3. The van der Waals surface area contributed by atoms with Crippen LogP contribution in [0.25, 0.3) is 77.8 Å². The van der Waals surface area contributed by atoms with E-state index in [4.69, 9.17) is 15.0 Å². The molecule has 6 aromatic carbocycles. The van der Waals surface area contributed by atoms with E-state index in [1.54, 1.807) is 0 Å². The largest absolute Gasteiger partial charge is 0.309 e. The predicted molar refractivity (Wildman–Crippen MR) is 203 cm³/mol. The van der Waals surface area contributed by atoms with Gasteiger partial charge >= 0.3 is 0 Å². The van der Waals surface area contributed by atoms with Gasteiger partial charge < -0.3 is 9.13 Å². The number of hydrogen-bond donors (Lipinski definition) is 0. The van der Waals surface area contributed by atoms with Gasteiger partial charge in [0.2, 0.25) is 0 Å². The molecule has 0 bridgehead atoms. The number of fused-ring (bicyclic) bond motifs is 6. The maximum atomic E-state index is 10.1. The smallest absolute Gasteiger partial charge is 0.165 e. The van der Waals surface area contributed by atoms with Crippen molar-refractivity contribution >= 4 is 43.6 Å². The Morgan fingerprint density at radius 3 is 1.74 bits per heavy atom. The molecule has 0 aliphatic heterocycles. The van der Waals surface area contributed by atoms with Crippen LogP contribution >= 0.6 is 0 Å². The van der Waals surface area contributed by atoms with Gasteiger partial charge in [-0.05, 0) is 48.5 Å². The molecule has 9 aromatic rings. The summed E-state index contributed by atoms with van der Waals surface area (Å²) < 4.78 is 4.68. The Labute approximate surface area is 289 Å². The van der Waals surface area contributed by atoms with E-state index in [9.17, 15) is 5.26 Å². The van der Waals surface area contributed by atoms with Crippen molar-refractivity contribution in [1.29, 1.82) is 5.26 Å². The van der Waals surface area contributed by atoms with Crippen LogP contribution in [0.3, 0.4) is 0 Å². The Morgan fingerprint density at radius 2 is 1.08 bits per heavy atom. The third-order valence-electron chi connectivity index (χ3n) is 9.44. The zero-order valence-corrected chi connectivity index (χ0v) is 28.0. The lowest BCUT2D eigenvalue weighted by atomic mass is 9.95. The highest BCUT2D eigenvalue weighted by molar-refractivity contribution is 6.16. The SMILES string of the molecule is CC(C)(C)c1nc(-c2ccccc2)nc(-c2cc(C#N)ccc2-n2c3ccccc3c3c(-n4c5ccccc5c5ccccc54)cccc32)n1. The van der Waals surface area contributed by atoms with Crippen LogP contribution < -0.4 is 0 Å². The Morgan fingerprint density at radius 1 is 0.520 bits per heavy atom. The van der Waals surface area contributed by atoms with Gasteiger partial charge in [0, 0.05) is 38.1 Å². The molecule has 0 amide bonds. The van der Waals surface area contributed by atoms with Gasteiger partial charge in [0.25, 0.3) is 0 Å². The van der Waals surface area contributed by atoms with Crippen LogP contribution in [-0.4, -0.2) is 24.1 Å². The van der Waals surface area contributed by atoms with Crippen molar-refractivity contribution in [3.63, 3.8) is 0 Å². The van der Waals surface area contributed by atoms with E-state index in [1.807, 2.05) is 48.5 Å². The molecule has 3 aromatic heterocycles. The summed E-state index contributed by atoms with van der Waals surface area (Å²) in [6.45, 7) is 6.32. The molecule has 0 radical (unpaired) electrons. The number of hydrogen-bond acceptors (Lipinski definition) is 4. The Bertz CT molecular complexity index is 2760. The molecular weight excluding hydrogens is 613 g/mol. The van der Waals surface area contributed by atoms with Crippen molar-refractivity contribution in [3.05, 3.63) is 151 Å². The summed E-state index contributed by atoms with van der Waals surface area (Å²) in [5.41, 5.74) is 8.28. The normalized spacial score (nSPS) is 11.9. The van der Waals surface area contributed by atoms with Crippen LogP contribution in [0.5, 0.6) is 0 Å². The lowest BCUT2D eigenvalue weighted by molar-refractivity contribution is 0.543. The van der Waals surface area contributed by atoms with E-state index in [0.29, 0.717) is 23.0 Å². The van der Waals surface area contributed by atoms with Crippen molar-refractivity contribution < 1.29 is 0 Å². The second kappa shape index (κ2) is 11.3. The van der Waals surface area contributed by atoms with E-state index in [2.05, 4.69) is 127 Å². The van der Waals surface area contributed by atoms with Gasteiger partial charge in [-0.1, -0.05) is 112 Å². The molecule has 238 valence electrons. The molecule has 0 aliphatic rings. The number of aromatic nitrogens is 5. The topological polar surface area (TPSA) is 72.3 Å². The minimum Gasteiger partial charge on any atom is -0.309 e. The molecule has 0 aliphatic carbocycles. The third-order valence-corrected chi connectivity index (χ3v) is 9.44. The molecule has 0 spiro atoms. The first-order valence-corrected chi connectivity index (χ1v) is 16.8. The second-order valence-corrected chi connectivity index (χ2v) is 13.7. The molecule has 50 heavy (non-hydrogen) atoms. The molecule has 0 saturated carbocycles. The summed E-state index contributed by atoms with van der Waals surface area (Å²) in [5, 5.41) is 14.8. The molecule has 9 rings (SSSR count). The highest BCUT2D eigenvalue weighted by Crippen LogP contribution is 2.41. The van der Waals surface area contributed by atoms with Crippen LogP contribution in [0, 0.1) is 11.3 Å². The summed E-state index contributed by atoms with van der Waals surface area (Å²) in [4.78, 5) is 15.1. The summed E-state index contributed by atoms with van der Waals surface area (Å²) in [6.07, 6.45) is 0. The van der Waals surface area contributed by atoms with Gasteiger partial charge in [-0.15, -0.1) is 0 Å². The lowest BCUT2D eigenvalue weighted by Gasteiger charge is -2.19. The van der Waals surface area contributed by atoms with Gasteiger partial charge in [0.15, 0.2) is 11.6 Å². The van der Waals surface area contributed by atoms with Crippen molar-refractivity contribution in [2.75, 3.05) is 0 Å². The van der Waals surface area contributed by atoms with Crippen LogP contribution in [0.4, 0.5) is 0 Å². The number of rotatable bonds is 4. The number of nitriles is 1. The number of benzene rings is 6. The maximum Gasteiger partial charge on any atom is 0.165 e. The van der Waals surface area contributed by atoms with Gasteiger partial charge in [-0.3, -0.25) is 0 Å². The molecule has 0 unspecified atom stereocenters. The zero-order valence-electron chi connectivity index (χ0n) is 28.0. The van der Waals surface area contributed by atoms with Gasteiger partial charge in [-0.25, -0.2) is 15.0 Å². The molecule has 6 nitrogen and oxygen atoms in total. The molecular formula is C44H32N6. The first-order chi connectivity index (χ1) is 24.4. The van der Waals surface area contributed by atoms with E-state index < -0.39 is 0 Å². The first-order valence-electron chi connectivity index (χ1n) is 16.8. The van der Waals surface area contributed by atoms with E-state index in [1.165, 1.54) is 10.8 Å². The van der Waals surface area contributed by atoms with Crippen molar-refractivity contribution in [1.82, 2.24) is 24.1 Å². The van der Waals surface area contributed by atoms with Gasteiger partial charge in [0.05, 0.1) is 45.1 Å². The Kier molecular flexibility index (Phi) is 6.65.